The summed E-state index contributed by atoms with van der Waals surface area (Å²) in [6.45, 7) is 0. The Bertz CT molecular complexity index is 447. The van der Waals surface area contributed by atoms with Gasteiger partial charge in [-0.2, -0.15) is 0 Å². The van der Waals surface area contributed by atoms with E-state index in [1.165, 1.54) is 18.6 Å². The number of thiophene rings is 1. The average Bonchev–Trinajstić information content (AvgIpc) is 2.53. The first-order chi connectivity index (χ1) is 6.24. The van der Waals surface area contributed by atoms with Gasteiger partial charge in [-0.05, 0) is 46.4 Å². The third-order valence-electron chi connectivity index (χ3n) is 1.84. The van der Waals surface area contributed by atoms with Gasteiger partial charge in [0.25, 0.3) is 0 Å². The lowest BCUT2D eigenvalue weighted by Crippen LogP contribution is -1.81. The number of hydrogen-bond acceptors (Lipinski definition) is 3. The van der Waals surface area contributed by atoms with Crippen molar-refractivity contribution in [2.45, 2.75) is 9.79 Å². The van der Waals surface area contributed by atoms with E-state index in [0.717, 1.165) is 4.90 Å². The molecule has 0 amide bonds. The van der Waals surface area contributed by atoms with Crippen molar-refractivity contribution in [2.75, 3.05) is 6.26 Å². The van der Waals surface area contributed by atoms with E-state index < -0.39 is 0 Å². The molecule has 0 aliphatic rings. The van der Waals surface area contributed by atoms with E-state index in [1.54, 1.807) is 23.1 Å². The third-order valence-corrected chi connectivity index (χ3v) is 5.37. The van der Waals surface area contributed by atoms with Crippen molar-refractivity contribution in [3.8, 4) is 0 Å². The second kappa shape index (κ2) is 4.00. The zero-order valence-electron chi connectivity index (χ0n) is 6.87. The number of thioether (sulfide) groups is 1. The van der Waals surface area contributed by atoms with Crippen LogP contribution >= 0.6 is 58.3 Å². The summed E-state index contributed by atoms with van der Waals surface area (Å²) in [5, 5.41) is 3.39. The molecule has 2 aromatic rings. The minimum atomic E-state index is 1.12. The second-order valence-corrected chi connectivity index (χ2v) is 5.95. The fraction of sp³-hybridized carbons (Fsp3) is 0.111. The van der Waals surface area contributed by atoms with E-state index in [2.05, 4.69) is 59.0 Å². The molecule has 0 aliphatic heterocycles. The van der Waals surface area contributed by atoms with E-state index >= 15 is 0 Å². The fourth-order valence-corrected chi connectivity index (χ4v) is 4.96. The molecule has 0 saturated carbocycles. The molecule has 0 spiro atoms. The Hall–Kier alpha value is 0.610. The van der Waals surface area contributed by atoms with Crippen LogP contribution in [0.1, 0.15) is 0 Å². The summed E-state index contributed by atoms with van der Waals surface area (Å²) in [5.74, 6) is 0. The Balaban J connectivity index is 2.85. The van der Waals surface area contributed by atoms with Crippen LogP contribution in [-0.4, -0.2) is 6.26 Å². The minimum absolute atomic E-state index is 1.12. The molecule has 1 aromatic heterocycles. The van der Waals surface area contributed by atoms with Gasteiger partial charge in [0.2, 0.25) is 0 Å². The number of rotatable bonds is 1. The Morgan fingerprint density at radius 3 is 3.00 bits per heavy atom. The molecule has 4 heteroatoms. The molecular formula is C9H7IS3. The maximum absolute atomic E-state index is 4.56. The van der Waals surface area contributed by atoms with Crippen molar-refractivity contribution in [2.24, 2.45) is 0 Å². The monoisotopic (exact) mass is 338 g/mol. The van der Waals surface area contributed by atoms with E-state index in [-0.39, 0.29) is 0 Å². The topological polar surface area (TPSA) is 0 Å². The zero-order chi connectivity index (χ0) is 9.42. The summed E-state index contributed by atoms with van der Waals surface area (Å²) in [6.07, 6.45) is 2.09. The van der Waals surface area contributed by atoms with Gasteiger partial charge in [-0.25, -0.2) is 0 Å². The molecule has 1 heterocycles. The molecule has 0 bridgehead atoms. The zero-order valence-corrected chi connectivity index (χ0v) is 11.6. The SMILES string of the molecule is CSc1c(I)cc2sccc2c1S. The summed E-state index contributed by atoms with van der Waals surface area (Å²) in [6, 6.07) is 4.37. The lowest BCUT2D eigenvalue weighted by molar-refractivity contribution is 1.28. The van der Waals surface area contributed by atoms with Crippen LogP contribution in [0.15, 0.2) is 27.3 Å². The predicted octanol–water partition coefficient (Wildman–Crippen LogP) is 4.52. The van der Waals surface area contributed by atoms with Crippen LogP contribution in [0.4, 0.5) is 0 Å². The average molecular weight is 338 g/mol. The van der Waals surface area contributed by atoms with Crippen LogP contribution in [0, 0.1) is 3.57 Å². The maximum Gasteiger partial charge on any atom is 0.0365 e. The number of halogens is 1. The fourth-order valence-electron chi connectivity index (χ4n) is 1.24. The summed E-state index contributed by atoms with van der Waals surface area (Å²) < 4.78 is 2.62. The highest BCUT2D eigenvalue weighted by molar-refractivity contribution is 14.1. The van der Waals surface area contributed by atoms with Gasteiger partial charge in [-0.3, -0.25) is 0 Å². The van der Waals surface area contributed by atoms with Crippen molar-refractivity contribution in [3.05, 3.63) is 21.1 Å². The van der Waals surface area contributed by atoms with Gasteiger partial charge in [0.1, 0.15) is 0 Å². The third kappa shape index (κ3) is 1.73. The van der Waals surface area contributed by atoms with Gasteiger partial charge in [-0.15, -0.1) is 35.7 Å². The standard InChI is InChI=1S/C9H7IS3/c1-12-9-6(10)4-7-5(8(9)11)2-3-13-7/h2-4,11H,1H3. The van der Waals surface area contributed by atoms with E-state index in [1.807, 2.05) is 0 Å². The van der Waals surface area contributed by atoms with Crippen LogP contribution in [0.5, 0.6) is 0 Å². The second-order valence-electron chi connectivity index (χ2n) is 2.57. The first kappa shape index (κ1) is 10.1. The Kier molecular flexibility index (Phi) is 3.12. The first-order valence-electron chi connectivity index (χ1n) is 3.66. The Morgan fingerprint density at radius 1 is 1.54 bits per heavy atom. The molecule has 2 rings (SSSR count). The molecule has 0 saturated heterocycles. The highest BCUT2D eigenvalue weighted by Gasteiger charge is 2.08. The van der Waals surface area contributed by atoms with Crippen LogP contribution in [0.2, 0.25) is 0 Å². The molecule has 0 atom stereocenters. The van der Waals surface area contributed by atoms with Crippen LogP contribution in [-0.2, 0) is 0 Å². The van der Waals surface area contributed by atoms with Gasteiger partial charge in [0, 0.05) is 23.4 Å². The van der Waals surface area contributed by atoms with Crippen molar-refractivity contribution in [3.63, 3.8) is 0 Å². The summed E-state index contributed by atoms with van der Waals surface area (Å²) in [5.41, 5.74) is 0. The molecule has 0 nitrogen and oxygen atoms in total. The Morgan fingerprint density at radius 2 is 2.31 bits per heavy atom. The summed E-state index contributed by atoms with van der Waals surface area (Å²) in [4.78, 5) is 2.41. The van der Waals surface area contributed by atoms with Crippen LogP contribution in [0.3, 0.4) is 0 Å². The normalized spacial score (nSPS) is 11.0. The number of fused-ring (bicyclic) bond motifs is 1. The van der Waals surface area contributed by atoms with Crippen molar-refractivity contribution in [1.29, 1.82) is 0 Å². The molecule has 0 radical (unpaired) electrons. The van der Waals surface area contributed by atoms with Gasteiger partial charge >= 0.3 is 0 Å². The Labute approximate surface area is 105 Å². The molecule has 0 N–H and O–H groups in total. The quantitative estimate of drug-likeness (QED) is 0.453. The van der Waals surface area contributed by atoms with Crippen LogP contribution in [0.25, 0.3) is 10.1 Å². The van der Waals surface area contributed by atoms with Gasteiger partial charge < -0.3 is 0 Å². The molecule has 1 aromatic carbocycles. The van der Waals surface area contributed by atoms with E-state index in [0.29, 0.717) is 0 Å². The largest absolute Gasteiger partial charge is 0.144 e. The van der Waals surface area contributed by atoms with Crippen molar-refractivity contribution < 1.29 is 0 Å². The minimum Gasteiger partial charge on any atom is -0.144 e. The molecule has 0 unspecified atom stereocenters. The van der Waals surface area contributed by atoms with E-state index in [9.17, 15) is 0 Å². The lowest BCUT2D eigenvalue weighted by atomic mass is 10.3. The first-order valence-corrected chi connectivity index (χ1v) is 7.29. The van der Waals surface area contributed by atoms with Gasteiger partial charge in [-0.1, -0.05) is 0 Å². The molecule has 0 aliphatic carbocycles. The molecule has 13 heavy (non-hydrogen) atoms. The van der Waals surface area contributed by atoms with Crippen molar-refractivity contribution in [1.82, 2.24) is 0 Å². The summed E-state index contributed by atoms with van der Waals surface area (Å²) in [7, 11) is 0. The smallest absolute Gasteiger partial charge is 0.0365 e. The molecule has 0 fully saturated rings. The maximum atomic E-state index is 4.56. The lowest BCUT2D eigenvalue weighted by Gasteiger charge is -2.05. The predicted molar refractivity (Wildman–Crippen MR) is 73.6 cm³/mol. The van der Waals surface area contributed by atoms with Gasteiger partial charge in [0.05, 0.1) is 0 Å². The highest BCUT2D eigenvalue weighted by atomic mass is 127. The summed E-state index contributed by atoms with van der Waals surface area (Å²) >= 11 is 10.5. The number of thiol groups is 1. The van der Waals surface area contributed by atoms with Crippen molar-refractivity contribution >= 4 is 68.4 Å². The number of benzene rings is 1. The molecule has 68 valence electrons. The highest BCUT2D eigenvalue weighted by Crippen LogP contribution is 2.37. The van der Waals surface area contributed by atoms with Gasteiger partial charge in [0.15, 0.2) is 0 Å². The molecular weight excluding hydrogens is 331 g/mol. The van der Waals surface area contributed by atoms with E-state index in [4.69, 9.17) is 0 Å². The van der Waals surface area contributed by atoms with Crippen LogP contribution < -0.4 is 0 Å². The number of hydrogen-bond donors (Lipinski definition) is 1.